The van der Waals surface area contributed by atoms with Crippen LogP contribution < -0.4 is 5.32 Å². The summed E-state index contributed by atoms with van der Waals surface area (Å²) in [7, 11) is 0. The van der Waals surface area contributed by atoms with Gasteiger partial charge in [-0.2, -0.15) is 5.10 Å². The fraction of sp³-hybridized carbons (Fsp3) is 0.368. The predicted octanol–water partition coefficient (Wildman–Crippen LogP) is 3.27. The first-order valence-electron chi connectivity index (χ1n) is 8.75. The second-order valence-corrected chi connectivity index (χ2v) is 6.14. The van der Waals surface area contributed by atoms with Crippen molar-refractivity contribution in [1.82, 2.24) is 19.7 Å². The first-order chi connectivity index (χ1) is 12.1. The Balaban J connectivity index is 1.70. The summed E-state index contributed by atoms with van der Waals surface area (Å²) < 4.78 is 1.87. The molecule has 0 saturated heterocycles. The fourth-order valence-corrected chi connectivity index (χ4v) is 3.10. The van der Waals surface area contributed by atoms with Gasteiger partial charge in [0.1, 0.15) is 0 Å². The van der Waals surface area contributed by atoms with Crippen molar-refractivity contribution in [2.24, 2.45) is 0 Å². The maximum Gasteiger partial charge on any atom is 0.258 e. The molecule has 0 aliphatic heterocycles. The van der Waals surface area contributed by atoms with Crippen LogP contribution in [0.3, 0.4) is 0 Å². The van der Waals surface area contributed by atoms with Crippen molar-refractivity contribution >= 4 is 22.5 Å². The number of nitrogens with one attached hydrogen (secondary N) is 2. The summed E-state index contributed by atoms with van der Waals surface area (Å²) in [4.78, 5) is 18.3. The summed E-state index contributed by atoms with van der Waals surface area (Å²) in [5, 5.41) is 8.24. The number of H-pyrrole nitrogens is 1. The lowest BCUT2D eigenvalue weighted by molar-refractivity contribution is 0.102. The average Bonchev–Trinajstić information content (AvgIpc) is 3.18. The summed E-state index contributed by atoms with van der Waals surface area (Å²) in [6.07, 6.45) is 3.58. The van der Waals surface area contributed by atoms with Crippen LogP contribution in [0.4, 0.5) is 5.69 Å². The third-order valence-corrected chi connectivity index (χ3v) is 4.55. The summed E-state index contributed by atoms with van der Waals surface area (Å²) in [6, 6.07) is 7.84. The van der Waals surface area contributed by atoms with Crippen molar-refractivity contribution in [3.05, 3.63) is 47.9 Å². The number of carbonyl (C=O) groups is 1. The van der Waals surface area contributed by atoms with Gasteiger partial charge in [0.15, 0.2) is 0 Å². The molecule has 0 bridgehead atoms. The van der Waals surface area contributed by atoms with Gasteiger partial charge in [0, 0.05) is 29.3 Å². The van der Waals surface area contributed by atoms with Crippen LogP contribution >= 0.6 is 0 Å². The van der Waals surface area contributed by atoms with Crippen LogP contribution in [0.25, 0.3) is 10.9 Å². The van der Waals surface area contributed by atoms with E-state index in [1.165, 1.54) is 0 Å². The molecule has 132 valence electrons. The zero-order valence-electron chi connectivity index (χ0n) is 15.0. The van der Waals surface area contributed by atoms with Crippen LogP contribution in [0.2, 0.25) is 0 Å². The molecule has 0 spiro atoms. The molecule has 6 heteroatoms. The fourth-order valence-electron chi connectivity index (χ4n) is 3.10. The summed E-state index contributed by atoms with van der Waals surface area (Å²) in [6.45, 7) is 10.0. The average molecular weight is 339 g/mol. The van der Waals surface area contributed by atoms with Crippen LogP contribution in [0, 0.1) is 6.92 Å². The predicted molar refractivity (Wildman–Crippen MR) is 101 cm³/mol. The number of amides is 1. The molecule has 1 aromatic carbocycles. The van der Waals surface area contributed by atoms with Crippen LogP contribution in [0.15, 0.2) is 36.7 Å². The molecule has 3 aromatic rings. The number of benzene rings is 1. The second-order valence-electron chi connectivity index (χ2n) is 6.14. The van der Waals surface area contributed by atoms with Gasteiger partial charge in [-0.15, -0.1) is 0 Å². The van der Waals surface area contributed by atoms with Crippen LogP contribution in [-0.2, 0) is 6.54 Å². The Morgan fingerprint density at radius 2 is 2.04 bits per heavy atom. The van der Waals surface area contributed by atoms with Crippen molar-refractivity contribution in [3.8, 4) is 0 Å². The van der Waals surface area contributed by atoms with E-state index in [-0.39, 0.29) is 5.91 Å². The molecule has 0 aliphatic rings. The SMILES string of the molecule is CCN(CC)CCn1cc(NC(=O)c2c(C)[nH]c3ccccc23)cn1. The van der Waals surface area contributed by atoms with E-state index < -0.39 is 0 Å². The maximum absolute atomic E-state index is 12.7. The van der Waals surface area contributed by atoms with Gasteiger partial charge in [0.2, 0.25) is 0 Å². The Kier molecular flexibility index (Phi) is 5.19. The van der Waals surface area contributed by atoms with Gasteiger partial charge in [-0.1, -0.05) is 32.0 Å². The largest absolute Gasteiger partial charge is 0.358 e. The number of rotatable bonds is 7. The molecule has 1 amide bonds. The van der Waals surface area contributed by atoms with Crippen LogP contribution in [0.5, 0.6) is 0 Å². The second kappa shape index (κ2) is 7.53. The van der Waals surface area contributed by atoms with Crippen LogP contribution in [0.1, 0.15) is 29.9 Å². The van der Waals surface area contributed by atoms with Crippen LogP contribution in [-0.4, -0.2) is 45.2 Å². The normalized spacial score (nSPS) is 11.4. The maximum atomic E-state index is 12.7. The van der Waals surface area contributed by atoms with E-state index in [0.29, 0.717) is 11.3 Å². The van der Waals surface area contributed by atoms with E-state index in [9.17, 15) is 4.79 Å². The first kappa shape index (κ1) is 17.2. The number of aryl methyl sites for hydroxylation is 1. The van der Waals surface area contributed by atoms with E-state index in [1.54, 1.807) is 6.20 Å². The molecule has 2 N–H and O–H groups in total. The highest BCUT2D eigenvalue weighted by Gasteiger charge is 2.16. The Bertz CT molecular complexity index is 860. The highest BCUT2D eigenvalue weighted by Crippen LogP contribution is 2.22. The van der Waals surface area contributed by atoms with Crippen molar-refractivity contribution < 1.29 is 4.79 Å². The van der Waals surface area contributed by atoms with Crippen molar-refractivity contribution in [2.75, 3.05) is 25.0 Å². The number of likely N-dealkylation sites (N-methyl/N-ethyl adjacent to an activating group) is 1. The lowest BCUT2D eigenvalue weighted by Gasteiger charge is -2.17. The highest BCUT2D eigenvalue weighted by molar-refractivity contribution is 6.13. The standard InChI is InChI=1S/C19H25N5O/c1-4-23(5-2)10-11-24-13-15(12-20-24)22-19(25)18-14(3)21-17-9-7-6-8-16(17)18/h6-9,12-13,21H,4-5,10-11H2,1-3H3,(H,22,25). The molecule has 0 aliphatic carbocycles. The lowest BCUT2D eigenvalue weighted by Crippen LogP contribution is -2.27. The third kappa shape index (κ3) is 3.74. The van der Waals surface area contributed by atoms with Gasteiger partial charge in [0.05, 0.1) is 24.0 Å². The quantitative estimate of drug-likeness (QED) is 0.694. The van der Waals surface area contributed by atoms with Crippen molar-refractivity contribution in [1.29, 1.82) is 0 Å². The number of aromatic nitrogens is 3. The molecule has 25 heavy (non-hydrogen) atoms. The number of para-hydroxylation sites is 1. The summed E-state index contributed by atoms with van der Waals surface area (Å²) in [5.41, 5.74) is 3.24. The molecule has 6 nitrogen and oxygen atoms in total. The minimum atomic E-state index is -0.113. The lowest BCUT2D eigenvalue weighted by atomic mass is 10.1. The molecule has 2 heterocycles. The molecule has 0 unspecified atom stereocenters. The monoisotopic (exact) mass is 339 g/mol. The molecule has 3 rings (SSSR count). The first-order valence-corrected chi connectivity index (χ1v) is 8.75. The Labute approximate surface area is 147 Å². The minimum absolute atomic E-state index is 0.113. The number of aromatic amines is 1. The number of hydrogen-bond acceptors (Lipinski definition) is 3. The molecule has 0 saturated carbocycles. The zero-order chi connectivity index (χ0) is 17.8. The number of nitrogens with zero attached hydrogens (tertiary/aromatic N) is 3. The Morgan fingerprint density at radius 3 is 2.80 bits per heavy atom. The van der Waals surface area contributed by atoms with Gasteiger partial charge in [-0.25, -0.2) is 0 Å². The topological polar surface area (TPSA) is 65.9 Å². The summed E-state index contributed by atoms with van der Waals surface area (Å²) >= 11 is 0. The van der Waals surface area contributed by atoms with Gasteiger partial charge in [0.25, 0.3) is 5.91 Å². The van der Waals surface area contributed by atoms with Gasteiger partial charge in [-0.05, 0) is 26.1 Å². The summed E-state index contributed by atoms with van der Waals surface area (Å²) in [5.74, 6) is -0.113. The third-order valence-electron chi connectivity index (χ3n) is 4.55. The molecule has 0 radical (unpaired) electrons. The van der Waals surface area contributed by atoms with Gasteiger partial charge in [-0.3, -0.25) is 9.48 Å². The van der Waals surface area contributed by atoms with Gasteiger partial charge >= 0.3 is 0 Å². The van der Waals surface area contributed by atoms with Gasteiger partial charge < -0.3 is 15.2 Å². The zero-order valence-corrected chi connectivity index (χ0v) is 15.0. The Morgan fingerprint density at radius 1 is 1.28 bits per heavy atom. The minimum Gasteiger partial charge on any atom is -0.358 e. The molecule has 0 atom stereocenters. The smallest absolute Gasteiger partial charge is 0.258 e. The Hall–Kier alpha value is -2.60. The van der Waals surface area contributed by atoms with E-state index in [4.69, 9.17) is 0 Å². The number of anilines is 1. The molecular weight excluding hydrogens is 314 g/mol. The highest BCUT2D eigenvalue weighted by atomic mass is 16.1. The van der Waals surface area contributed by atoms with Crippen molar-refractivity contribution in [2.45, 2.75) is 27.3 Å². The number of carbonyl (C=O) groups excluding carboxylic acids is 1. The van der Waals surface area contributed by atoms with E-state index in [1.807, 2.05) is 42.1 Å². The number of fused-ring (bicyclic) bond motifs is 1. The molecular formula is C19H25N5O. The molecule has 2 aromatic heterocycles. The van der Waals surface area contributed by atoms with E-state index in [2.05, 4.69) is 34.1 Å². The number of hydrogen-bond donors (Lipinski definition) is 2. The van der Waals surface area contributed by atoms with E-state index in [0.717, 1.165) is 42.8 Å². The van der Waals surface area contributed by atoms with Crippen molar-refractivity contribution in [3.63, 3.8) is 0 Å². The molecule has 0 fully saturated rings. The van der Waals surface area contributed by atoms with E-state index >= 15 is 0 Å².